The summed E-state index contributed by atoms with van der Waals surface area (Å²) in [7, 11) is -3.35. The molecule has 1 aliphatic rings. The van der Waals surface area contributed by atoms with Crippen molar-refractivity contribution in [2.75, 3.05) is 32.7 Å². The smallest absolute Gasteiger partial charge is 0.252 e. The summed E-state index contributed by atoms with van der Waals surface area (Å²) in [5.41, 5.74) is 1.01. The van der Waals surface area contributed by atoms with Gasteiger partial charge in [0.1, 0.15) is 4.21 Å². The zero-order valence-corrected chi connectivity index (χ0v) is 14.4. The number of rotatable bonds is 4. The van der Waals surface area contributed by atoms with Crippen molar-refractivity contribution in [2.45, 2.75) is 11.1 Å². The summed E-state index contributed by atoms with van der Waals surface area (Å²) in [5.74, 6) is 0. The molecule has 0 amide bonds. The Balaban J connectivity index is 1.91. The minimum absolute atomic E-state index is 0.402. The third-order valence-electron chi connectivity index (χ3n) is 3.16. The molecule has 0 aliphatic carbocycles. The van der Waals surface area contributed by atoms with Crippen molar-refractivity contribution in [3.05, 3.63) is 29.7 Å². The van der Waals surface area contributed by atoms with Crippen LogP contribution in [0.1, 0.15) is 6.92 Å². The van der Waals surface area contributed by atoms with Crippen LogP contribution >= 0.6 is 23.6 Å². The molecule has 8 heteroatoms. The van der Waals surface area contributed by atoms with Gasteiger partial charge in [0.05, 0.1) is 0 Å². The van der Waals surface area contributed by atoms with Gasteiger partial charge in [-0.2, -0.15) is 4.31 Å². The SMILES string of the molecule is C=C(C)CNC(=S)N1CCN(S(=O)(=O)c2cccs2)CC1. The van der Waals surface area contributed by atoms with Gasteiger partial charge in [0.2, 0.25) is 0 Å². The molecule has 0 spiro atoms. The number of nitrogens with one attached hydrogen (secondary N) is 1. The molecule has 1 saturated heterocycles. The predicted octanol–water partition coefficient (Wildman–Crippen LogP) is 1.51. The summed E-state index contributed by atoms with van der Waals surface area (Å²) in [4.78, 5) is 2.00. The van der Waals surface area contributed by atoms with E-state index >= 15 is 0 Å². The first-order valence-electron chi connectivity index (χ1n) is 6.62. The number of hydrogen-bond donors (Lipinski definition) is 1. The molecule has 116 valence electrons. The fraction of sp³-hybridized carbons (Fsp3) is 0.462. The van der Waals surface area contributed by atoms with Crippen LogP contribution in [0.25, 0.3) is 0 Å². The molecule has 2 heterocycles. The largest absolute Gasteiger partial charge is 0.359 e. The van der Waals surface area contributed by atoms with Crippen LogP contribution in [0.2, 0.25) is 0 Å². The molecule has 0 atom stereocenters. The van der Waals surface area contributed by atoms with Gasteiger partial charge in [0, 0.05) is 32.7 Å². The molecule has 1 aromatic heterocycles. The molecule has 0 unspecified atom stereocenters. The number of sulfonamides is 1. The van der Waals surface area contributed by atoms with E-state index in [0.717, 1.165) is 5.57 Å². The minimum Gasteiger partial charge on any atom is -0.359 e. The molecule has 0 bridgehead atoms. The standard InChI is InChI=1S/C13H19N3O2S3/c1-11(2)10-14-13(19)15-5-7-16(8-6-15)21(17,18)12-4-3-9-20-12/h3-4,9H,1,5-8,10H2,2H3,(H,14,19). The van der Waals surface area contributed by atoms with Crippen molar-refractivity contribution in [3.8, 4) is 0 Å². The van der Waals surface area contributed by atoms with E-state index in [1.165, 1.54) is 15.6 Å². The first-order valence-corrected chi connectivity index (χ1v) is 9.35. The van der Waals surface area contributed by atoms with Crippen molar-refractivity contribution in [1.29, 1.82) is 0 Å². The first kappa shape index (κ1) is 16.4. The van der Waals surface area contributed by atoms with Gasteiger partial charge in [-0.15, -0.1) is 11.3 Å². The van der Waals surface area contributed by atoms with Gasteiger partial charge in [-0.05, 0) is 30.6 Å². The maximum absolute atomic E-state index is 12.4. The lowest BCUT2D eigenvalue weighted by molar-refractivity contribution is 0.264. The van der Waals surface area contributed by atoms with Crippen LogP contribution in [0, 0.1) is 0 Å². The van der Waals surface area contributed by atoms with E-state index in [1.807, 2.05) is 11.8 Å². The van der Waals surface area contributed by atoms with Gasteiger partial charge in [0.15, 0.2) is 5.11 Å². The van der Waals surface area contributed by atoms with E-state index in [-0.39, 0.29) is 0 Å². The Labute approximate surface area is 135 Å². The van der Waals surface area contributed by atoms with E-state index in [4.69, 9.17) is 12.2 Å². The lowest BCUT2D eigenvalue weighted by atomic mass is 10.3. The topological polar surface area (TPSA) is 52.6 Å². The highest BCUT2D eigenvalue weighted by Gasteiger charge is 2.29. The zero-order valence-electron chi connectivity index (χ0n) is 11.9. The Morgan fingerprint density at radius 2 is 2.10 bits per heavy atom. The van der Waals surface area contributed by atoms with Crippen molar-refractivity contribution < 1.29 is 8.42 Å². The first-order chi connectivity index (χ1) is 9.91. The summed E-state index contributed by atoms with van der Waals surface area (Å²) >= 11 is 6.56. The van der Waals surface area contributed by atoms with Gasteiger partial charge in [-0.25, -0.2) is 8.42 Å². The zero-order chi connectivity index (χ0) is 15.5. The van der Waals surface area contributed by atoms with Crippen LogP contribution in [0.5, 0.6) is 0 Å². The summed E-state index contributed by atoms with van der Waals surface area (Å²) in [6.07, 6.45) is 0. The second kappa shape index (κ2) is 6.87. The van der Waals surface area contributed by atoms with Crippen LogP contribution in [0.15, 0.2) is 33.9 Å². The van der Waals surface area contributed by atoms with Crippen LogP contribution in [0.3, 0.4) is 0 Å². The average Bonchev–Trinajstić information content (AvgIpc) is 2.99. The fourth-order valence-electron chi connectivity index (χ4n) is 2.01. The van der Waals surface area contributed by atoms with Crippen LogP contribution in [-0.2, 0) is 10.0 Å². The lowest BCUT2D eigenvalue weighted by Gasteiger charge is -2.35. The molecule has 1 fully saturated rings. The maximum atomic E-state index is 12.4. The molecule has 1 aliphatic heterocycles. The van der Waals surface area contributed by atoms with Gasteiger partial charge in [0.25, 0.3) is 10.0 Å². The van der Waals surface area contributed by atoms with Crippen molar-refractivity contribution in [1.82, 2.24) is 14.5 Å². The normalized spacial score (nSPS) is 16.7. The summed E-state index contributed by atoms with van der Waals surface area (Å²) < 4.78 is 26.7. The summed E-state index contributed by atoms with van der Waals surface area (Å²) in [6.45, 7) is 8.51. The molecule has 5 nitrogen and oxygen atoms in total. The maximum Gasteiger partial charge on any atom is 0.252 e. The number of nitrogens with zero attached hydrogens (tertiary/aromatic N) is 2. The van der Waals surface area contributed by atoms with E-state index in [9.17, 15) is 8.42 Å². The van der Waals surface area contributed by atoms with E-state index < -0.39 is 10.0 Å². The second-order valence-corrected chi connectivity index (χ2v) is 8.44. The highest BCUT2D eigenvalue weighted by molar-refractivity contribution is 7.91. The highest BCUT2D eigenvalue weighted by atomic mass is 32.2. The number of thiocarbonyl (C=S) groups is 1. The summed E-state index contributed by atoms with van der Waals surface area (Å²) in [5, 5.41) is 5.56. The van der Waals surface area contributed by atoms with Crippen molar-refractivity contribution in [3.63, 3.8) is 0 Å². The van der Waals surface area contributed by atoms with Crippen molar-refractivity contribution in [2.24, 2.45) is 0 Å². The van der Waals surface area contributed by atoms with Crippen molar-refractivity contribution >= 4 is 38.7 Å². The minimum atomic E-state index is -3.35. The Bertz CT molecular complexity index is 603. The second-order valence-electron chi connectivity index (χ2n) is 4.94. The van der Waals surface area contributed by atoms with Gasteiger partial charge in [-0.1, -0.05) is 18.2 Å². The monoisotopic (exact) mass is 345 g/mol. The van der Waals surface area contributed by atoms with E-state index in [2.05, 4.69) is 11.9 Å². The molecule has 1 aromatic rings. The quantitative estimate of drug-likeness (QED) is 0.662. The van der Waals surface area contributed by atoms with Crippen LogP contribution in [-0.4, -0.2) is 55.5 Å². The lowest BCUT2D eigenvalue weighted by Crippen LogP contribution is -2.53. The van der Waals surface area contributed by atoms with E-state index in [0.29, 0.717) is 42.0 Å². The van der Waals surface area contributed by atoms with Gasteiger partial charge >= 0.3 is 0 Å². The average molecular weight is 346 g/mol. The molecule has 21 heavy (non-hydrogen) atoms. The number of hydrogen-bond acceptors (Lipinski definition) is 4. The molecule has 0 saturated carbocycles. The highest BCUT2D eigenvalue weighted by Crippen LogP contribution is 2.21. The Morgan fingerprint density at radius 3 is 2.62 bits per heavy atom. The molecular weight excluding hydrogens is 326 g/mol. The Kier molecular flexibility index (Phi) is 5.37. The summed E-state index contributed by atoms with van der Waals surface area (Å²) in [6, 6.07) is 3.40. The molecule has 2 rings (SSSR count). The van der Waals surface area contributed by atoms with Gasteiger partial charge < -0.3 is 10.2 Å². The molecular formula is C13H19N3O2S3. The van der Waals surface area contributed by atoms with Gasteiger partial charge in [-0.3, -0.25) is 0 Å². The Hall–Kier alpha value is -0.960. The third kappa shape index (κ3) is 4.03. The fourth-order valence-corrected chi connectivity index (χ4v) is 4.83. The Morgan fingerprint density at radius 1 is 1.43 bits per heavy atom. The van der Waals surface area contributed by atoms with Crippen LogP contribution < -0.4 is 5.32 Å². The molecule has 1 N–H and O–H groups in total. The predicted molar refractivity (Wildman–Crippen MR) is 90.1 cm³/mol. The third-order valence-corrected chi connectivity index (χ3v) is 6.83. The van der Waals surface area contributed by atoms with Crippen LogP contribution in [0.4, 0.5) is 0 Å². The molecule has 0 radical (unpaired) electrons. The van der Waals surface area contributed by atoms with E-state index in [1.54, 1.807) is 17.5 Å². The molecule has 0 aromatic carbocycles. The number of piperazine rings is 1. The number of thiophene rings is 1.